The van der Waals surface area contributed by atoms with E-state index < -0.39 is 0 Å². The Morgan fingerprint density at radius 1 is 1.20 bits per heavy atom. The van der Waals surface area contributed by atoms with E-state index in [0.29, 0.717) is 0 Å². The summed E-state index contributed by atoms with van der Waals surface area (Å²) in [6, 6.07) is 6.50. The largest absolute Gasteiger partial charge is 0.345 e. The van der Waals surface area contributed by atoms with Gasteiger partial charge in [-0.2, -0.15) is 0 Å². The Kier molecular flexibility index (Phi) is 3.38. The van der Waals surface area contributed by atoms with E-state index in [1.807, 2.05) is 0 Å². The van der Waals surface area contributed by atoms with Gasteiger partial charge in [-0.05, 0) is 30.5 Å². The van der Waals surface area contributed by atoms with Crippen molar-refractivity contribution in [1.82, 2.24) is 9.97 Å². The molecule has 2 aromatic rings. The third-order valence-electron chi connectivity index (χ3n) is 2.80. The number of aromatic nitrogens is 2. The first kappa shape index (κ1) is 10.2. The van der Waals surface area contributed by atoms with Gasteiger partial charge in [0, 0.05) is 0 Å². The SMILES string of the molecule is CCCCCCc1ccc2nc[nH]c2c1. The van der Waals surface area contributed by atoms with Crippen LogP contribution in [0.2, 0.25) is 0 Å². The van der Waals surface area contributed by atoms with Crippen molar-refractivity contribution in [3.8, 4) is 0 Å². The molecule has 0 aliphatic carbocycles. The molecule has 0 saturated carbocycles. The van der Waals surface area contributed by atoms with Crippen molar-refractivity contribution < 1.29 is 0 Å². The van der Waals surface area contributed by atoms with Crippen LogP contribution >= 0.6 is 0 Å². The summed E-state index contributed by atoms with van der Waals surface area (Å²) in [6.45, 7) is 2.25. The molecule has 1 aromatic carbocycles. The number of benzene rings is 1. The molecule has 0 aliphatic rings. The Morgan fingerprint density at radius 2 is 2.13 bits per heavy atom. The molecule has 0 fully saturated rings. The lowest BCUT2D eigenvalue weighted by Crippen LogP contribution is -1.85. The van der Waals surface area contributed by atoms with Gasteiger partial charge in [0.1, 0.15) is 0 Å². The van der Waals surface area contributed by atoms with Crippen LogP contribution in [0.5, 0.6) is 0 Å². The molecule has 0 spiro atoms. The summed E-state index contributed by atoms with van der Waals surface area (Å²) in [5.41, 5.74) is 3.64. The zero-order valence-corrected chi connectivity index (χ0v) is 9.29. The van der Waals surface area contributed by atoms with E-state index in [2.05, 4.69) is 35.1 Å². The first-order chi connectivity index (χ1) is 7.40. The lowest BCUT2D eigenvalue weighted by Gasteiger charge is -2.00. The summed E-state index contributed by atoms with van der Waals surface area (Å²) in [7, 11) is 0. The van der Waals surface area contributed by atoms with Crippen molar-refractivity contribution in [1.29, 1.82) is 0 Å². The average Bonchev–Trinajstić information content (AvgIpc) is 2.71. The summed E-state index contributed by atoms with van der Waals surface area (Å²) < 4.78 is 0. The van der Waals surface area contributed by atoms with Crippen LogP contribution in [0.4, 0.5) is 0 Å². The number of nitrogens with zero attached hydrogens (tertiary/aromatic N) is 1. The molecule has 2 nitrogen and oxygen atoms in total. The van der Waals surface area contributed by atoms with E-state index in [0.717, 1.165) is 11.0 Å². The molecule has 1 aromatic heterocycles. The maximum Gasteiger partial charge on any atom is 0.0931 e. The lowest BCUT2D eigenvalue weighted by atomic mass is 10.1. The summed E-state index contributed by atoms with van der Waals surface area (Å²) in [5.74, 6) is 0. The number of aromatic amines is 1. The van der Waals surface area contributed by atoms with Gasteiger partial charge in [0.15, 0.2) is 0 Å². The van der Waals surface area contributed by atoms with Crippen LogP contribution in [0.15, 0.2) is 24.5 Å². The fourth-order valence-electron chi connectivity index (χ4n) is 1.89. The molecule has 0 amide bonds. The zero-order chi connectivity index (χ0) is 10.5. The molecular formula is C13H18N2. The van der Waals surface area contributed by atoms with Crippen LogP contribution in [0.3, 0.4) is 0 Å². The quantitative estimate of drug-likeness (QED) is 0.736. The Bertz CT molecular complexity index is 417. The molecule has 1 N–H and O–H groups in total. The number of nitrogens with one attached hydrogen (secondary N) is 1. The van der Waals surface area contributed by atoms with Gasteiger partial charge in [0.2, 0.25) is 0 Å². The van der Waals surface area contributed by atoms with Crippen LogP contribution in [0, 0.1) is 0 Å². The van der Waals surface area contributed by atoms with Crippen LogP contribution in [0.25, 0.3) is 11.0 Å². The normalized spacial score (nSPS) is 11.0. The van der Waals surface area contributed by atoms with E-state index >= 15 is 0 Å². The van der Waals surface area contributed by atoms with Crippen molar-refractivity contribution in [2.45, 2.75) is 39.0 Å². The van der Waals surface area contributed by atoms with Crippen molar-refractivity contribution in [3.05, 3.63) is 30.1 Å². The first-order valence-electron chi connectivity index (χ1n) is 5.82. The van der Waals surface area contributed by atoms with Crippen molar-refractivity contribution >= 4 is 11.0 Å². The van der Waals surface area contributed by atoms with E-state index in [-0.39, 0.29) is 0 Å². The molecular weight excluding hydrogens is 184 g/mol. The molecule has 0 bridgehead atoms. The summed E-state index contributed by atoms with van der Waals surface area (Å²) in [5, 5.41) is 0. The third-order valence-corrected chi connectivity index (χ3v) is 2.80. The highest BCUT2D eigenvalue weighted by molar-refractivity contribution is 5.74. The van der Waals surface area contributed by atoms with E-state index in [1.165, 1.54) is 37.7 Å². The molecule has 15 heavy (non-hydrogen) atoms. The summed E-state index contributed by atoms with van der Waals surface area (Å²) in [6.07, 6.45) is 8.25. The molecule has 0 atom stereocenters. The topological polar surface area (TPSA) is 28.7 Å². The highest BCUT2D eigenvalue weighted by Crippen LogP contribution is 2.14. The van der Waals surface area contributed by atoms with Crippen molar-refractivity contribution in [2.24, 2.45) is 0 Å². The molecule has 0 unspecified atom stereocenters. The predicted octanol–water partition coefficient (Wildman–Crippen LogP) is 3.69. The first-order valence-corrected chi connectivity index (χ1v) is 5.82. The number of hydrogen-bond donors (Lipinski definition) is 1. The van der Waals surface area contributed by atoms with Gasteiger partial charge >= 0.3 is 0 Å². The van der Waals surface area contributed by atoms with Gasteiger partial charge < -0.3 is 4.98 Å². The number of aryl methyl sites for hydroxylation is 1. The van der Waals surface area contributed by atoms with Gasteiger partial charge in [0.25, 0.3) is 0 Å². The van der Waals surface area contributed by atoms with Gasteiger partial charge in [-0.25, -0.2) is 4.98 Å². The maximum atomic E-state index is 4.21. The Morgan fingerprint density at radius 3 is 3.00 bits per heavy atom. The summed E-state index contributed by atoms with van der Waals surface area (Å²) >= 11 is 0. The minimum Gasteiger partial charge on any atom is -0.345 e. The third kappa shape index (κ3) is 2.58. The molecule has 80 valence electrons. The van der Waals surface area contributed by atoms with Crippen LogP contribution in [-0.2, 0) is 6.42 Å². The van der Waals surface area contributed by atoms with Crippen LogP contribution < -0.4 is 0 Å². The predicted molar refractivity (Wildman–Crippen MR) is 63.9 cm³/mol. The number of H-pyrrole nitrogens is 1. The van der Waals surface area contributed by atoms with Crippen LogP contribution in [0.1, 0.15) is 38.2 Å². The monoisotopic (exact) mass is 202 g/mol. The number of fused-ring (bicyclic) bond motifs is 1. The van der Waals surface area contributed by atoms with Gasteiger partial charge in [-0.3, -0.25) is 0 Å². The van der Waals surface area contributed by atoms with Gasteiger partial charge in [-0.1, -0.05) is 32.3 Å². The second-order valence-corrected chi connectivity index (χ2v) is 4.06. The van der Waals surface area contributed by atoms with E-state index in [1.54, 1.807) is 6.33 Å². The molecule has 2 heteroatoms. The molecule has 0 radical (unpaired) electrons. The van der Waals surface area contributed by atoms with E-state index in [4.69, 9.17) is 0 Å². The number of rotatable bonds is 5. The second-order valence-electron chi connectivity index (χ2n) is 4.06. The maximum absolute atomic E-state index is 4.21. The highest BCUT2D eigenvalue weighted by Gasteiger charge is 1.98. The minimum atomic E-state index is 1.06. The second kappa shape index (κ2) is 4.96. The lowest BCUT2D eigenvalue weighted by molar-refractivity contribution is 0.667. The standard InChI is InChI=1S/C13H18N2/c1-2-3-4-5-6-11-7-8-12-13(9-11)15-10-14-12/h7-10H,2-6H2,1H3,(H,14,15). The Hall–Kier alpha value is -1.31. The molecule has 0 aliphatic heterocycles. The van der Waals surface area contributed by atoms with Gasteiger partial charge in [-0.15, -0.1) is 0 Å². The van der Waals surface area contributed by atoms with Crippen LogP contribution in [-0.4, -0.2) is 9.97 Å². The molecule has 0 saturated heterocycles. The Balaban J connectivity index is 1.96. The van der Waals surface area contributed by atoms with E-state index in [9.17, 15) is 0 Å². The van der Waals surface area contributed by atoms with Crippen molar-refractivity contribution in [2.75, 3.05) is 0 Å². The number of unbranched alkanes of at least 4 members (excludes halogenated alkanes) is 3. The molecule has 2 rings (SSSR count). The smallest absolute Gasteiger partial charge is 0.0931 e. The summed E-state index contributed by atoms with van der Waals surface area (Å²) in [4.78, 5) is 7.36. The van der Waals surface area contributed by atoms with Gasteiger partial charge in [0.05, 0.1) is 17.4 Å². The number of imidazole rings is 1. The fraction of sp³-hybridized carbons (Fsp3) is 0.462. The number of hydrogen-bond acceptors (Lipinski definition) is 1. The van der Waals surface area contributed by atoms with Crippen molar-refractivity contribution in [3.63, 3.8) is 0 Å². The zero-order valence-electron chi connectivity index (χ0n) is 9.29. The molecule has 1 heterocycles. The highest BCUT2D eigenvalue weighted by atomic mass is 14.9. The average molecular weight is 202 g/mol. The Labute approximate surface area is 90.7 Å². The fourth-order valence-corrected chi connectivity index (χ4v) is 1.89. The minimum absolute atomic E-state index is 1.06.